The molecule has 94 valence electrons. The minimum atomic E-state index is -0.312. The monoisotopic (exact) mass is 246 g/mol. The third-order valence-corrected chi connectivity index (χ3v) is 2.31. The zero-order valence-electron chi connectivity index (χ0n) is 10.2. The topological polar surface area (TPSA) is 68.2 Å². The molecule has 1 heterocycles. The minimum Gasteiger partial charge on any atom is -0.497 e. The number of hydrogen-bond donors (Lipinski definition) is 2. The molecule has 18 heavy (non-hydrogen) atoms. The lowest BCUT2D eigenvalue weighted by molar-refractivity contribution is 0.262. The third-order valence-electron chi connectivity index (χ3n) is 2.31. The number of aromatic nitrogens is 2. The number of nitrogens with one attached hydrogen (secondary N) is 2. The quantitative estimate of drug-likeness (QED) is 0.871. The SMILES string of the molecule is COc1ccc(NC(=O)Nc2cnn(C)c2)cc1. The molecule has 2 rings (SSSR count). The van der Waals surface area contributed by atoms with E-state index >= 15 is 0 Å². The van der Waals surface area contributed by atoms with Gasteiger partial charge < -0.3 is 15.4 Å². The van der Waals surface area contributed by atoms with Crippen LogP contribution in [0.15, 0.2) is 36.7 Å². The number of nitrogens with zero attached hydrogens (tertiary/aromatic N) is 2. The molecular formula is C12H14N4O2. The number of rotatable bonds is 3. The zero-order chi connectivity index (χ0) is 13.0. The second kappa shape index (κ2) is 5.22. The van der Waals surface area contributed by atoms with E-state index < -0.39 is 0 Å². The van der Waals surface area contributed by atoms with Gasteiger partial charge in [-0.25, -0.2) is 4.79 Å². The molecule has 0 saturated heterocycles. The molecule has 0 saturated carbocycles. The predicted octanol–water partition coefficient (Wildman–Crippen LogP) is 2.07. The Morgan fingerprint density at radius 2 is 1.89 bits per heavy atom. The summed E-state index contributed by atoms with van der Waals surface area (Å²) < 4.78 is 6.65. The molecule has 0 radical (unpaired) electrons. The van der Waals surface area contributed by atoms with Gasteiger partial charge in [-0.05, 0) is 24.3 Å². The molecule has 0 aliphatic carbocycles. The second-order valence-corrected chi connectivity index (χ2v) is 3.71. The molecule has 2 N–H and O–H groups in total. The molecule has 1 aromatic carbocycles. The van der Waals surface area contributed by atoms with Gasteiger partial charge in [0, 0.05) is 18.9 Å². The van der Waals surface area contributed by atoms with Crippen molar-refractivity contribution in [1.29, 1.82) is 0 Å². The van der Waals surface area contributed by atoms with Crippen LogP contribution >= 0.6 is 0 Å². The van der Waals surface area contributed by atoms with Crippen LogP contribution in [-0.4, -0.2) is 22.9 Å². The van der Waals surface area contributed by atoms with Crippen molar-refractivity contribution < 1.29 is 9.53 Å². The first kappa shape index (κ1) is 12.0. The predicted molar refractivity (Wildman–Crippen MR) is 68.8 cm³/mol. The van der Waals surface area contributed by atoms with Crippen molar-refractivity contribution in [2.75, 3.05) is 17.7 Å². The Bertz CT molecular complexity index is 533. The van der Waals surface area contributed by atoms with E-state index in [1.165, 1.54) is 0 Å². The van der Waals surface area contributed by atoms with Crippen molar-refractivity contribution in [2.45, 2.75) is 0 Å². The largest absolute Gasteiger partial charge is 0.497 e. The molecular weight excluding hydrogens is 232 g/mol. The summed E-state index contributed by atoms with van der Waals surface area (Å²) in [5.41, 5.74) is 1.33. The van der Waals surface area contributed by atoms with E-state index in [0.717, 1.165) is 5.75 Å². The summed E-state index contributed by atoms with van der Waals surface area (Å²) in [5.74, 6) is 0.744. The van der Waals surface area contributed by atoms with Crippen molar-refractivity contribution >= 4 is 17.4 Å². The van der Waals surface area contributed by atoms with Gasteiger partial charge in [-0.2, -0.15) is 5.10 Å². The fraction of sp³-hybridized carbons (Fsp3) is 0.167. The Balaban J connectivity index is 1.94. The number of hydrogen-bond acceptors (Lipinski definition) is 3. The van der Waals surface area contributed by atoms with Crippen LogP contribution in [0, 0.1) is 0 Å². The highest BCUT2D eigenvalue weighted by Crippen LogP contribution is 2.15. The van der Waals surface area contributed by atoms with Crippen LogP contribution in [0.2, 0.25) is 0 Å². The molecule has 0 unspecified atom stereocenters. The highest BCUT2D eigenvalue weighted by atomic mass is 16.5. The second-order valence-electron chi connectivity index (χ2n) is 3.71. The first-order valence-electron chi connectivity index (χ1n) is 5.38. The summed E-state index contributed by atoms with van der Waals surface area (Å²) >= 11 is 0. The Morgan fingerprint density at radius 3 is 2.44 bits per heavy atom. The molecule has 0 aliphatic heterocycles. The summed E-state index contributed by atoms with van der Waals surface area (Å²) in [4.78, 5) is 11.7. The maximum atomic E-state index is 11.7. The Hall–Kier alpha value is -2.50. The molecule has 0 bridgehead atoms. The summed E-state index contributed by atoms with van der Waals surface area (Å²) in [5, 5.41) is 9.34. The van der Waals surface area contributed by atoms with E-state index in [1.807, 2.05) is 0 Å². The first-order chi connectivity index (χ1) is 8.67. The molecule has 1 aromatic heterocycles. The van der Waals surface area contributed by atoms with Crippen LogP contribution in [-0.2, 0) is 7.05 Å². The highest BCUT2D eigenvalue weighted by Gasteiger charge is 2.03. The standard InChI is InChI=1S/C12H14N4O2/c1-16-8-10(7-13-16)15-12(17)14-9-3-5-11(18-2)6-4-9/h3-8H,1-2H3,(H2,14,15,17). The molecule has 0 spiro atoms. The number of carbonyl (C=O) groups is 1. The molecule has 0 atom stereocenters. The molecule has 2 aromatic rings. The normalized spacial score (nSPS) is 9.89. The van der Waals surface area contributed by atoms with Crippen molar-refractivity contribution in [2.24, 2.45) is 7.05 Å². The van der Waals surface area contributed by atoms with Gasteiger partial charge in [-0.3, -0.25) is 4.68 Å². The van der Waals surface area contributed by atoms with Gasteiger partial charge in [0.15, 0.2) is 0 Å². The average molecular weight is 246 g/mol. The van der Waals surface area contributed by atoms with Crippen LogP contribution in [0.4, 0.5) is 16.2 Å². The smallest absolute Gasteiger partial charge is 0.323 e. The molecule has 0 fully saturated rings. The summed E-state index contributed by atoms with van der Waals surface area (Å²) in [6, 6.07) is 6.77. The van der Waals surface area contributed by atoms with Crippen LogP contribution in [0.1, 0.15) is 0 Å². The number of anilines is 2. The molecule has 6 heteroatoms. The maximum absolute atomic E-state index is 11.7. The van der Waals surface area contributed by atoms with Gasteiger partial charge in [0.05, 0.1) is 19.0 Å². The lowest BCUT2D eigenvalue weighted by atomic mass is 10.3. The summed E-state index contributed by atoms with van der Waals surface area (Å²) in [7, 11) is 3.38. The Morgan fingerprint density at radius 1 is 1.22 bits per heavy atom. The van der Waals surface area contributed by atoms with Gasteiger partial charge in [0.2, 0.25) is 0 Å². The van der Waals surface area contributed by atoms with Crippen molar-refractivity contribution in [3.8, 4) is 5.75 Å². The van der Waals surface area contributed by atoms with Gasteiger partial charge in [0.25, 0.3) is 0 Å². The Labute approximate surface area is 105 Å². The number of benzene rings is 1. The number of ether oxygens (including phenoxy) is 1. The summed E-state index contributed by atoms with van der Waals surface area (Å²) in [6.45, 7) is 0. The van der Waals surface area contributed by atoms with E-state index in [1.54, 1.807) is 55.5 Å². The molecule has 0 aliphatic rings. The number of urea groups is 1. The van der Waals surface area contributed by atoms with Gasteiger partial charge in [-0.15, -0.1) is 0 Å². The number of carbonyl (C=O) groups excluding carboxylic acids is 1. The van der Waals surface area contributed by atoms with E-state index in [-0.39, 0.29) is 6.03 Å². The Kier molecular flexibility index (Phi) is 3.47. The van der Waals surface area contributed by atoms with Gasteiger partial charge in [0.1, 0.15) is 5.75 Å². The molecule has 6 nitrogen and oxygen atoms in total. The lowest BCUT2D eigenvalue weighted by Crippen LogP contribution is -2.19. The van der Waals surface area contributed by atoms with E-state index in [0.29, 0.717) is 11.4 Å². The maximum Gasteiger partial charge on any atom is 0.323 e. The highest BCUT2D eigenvalue weighted by molar-refractivity contribution is 5.99. The van der Waals surface area contributed by atoms with E-state index in [2.05, 4.69) is 15.7 Å². The van der Waals surface area contributed by atoms with E-state index in [9.17, 15) is 4.79 Å². The molecule has 2 amide bonds. The van der Waals surface area contributed by atoms with Crippen LogP contribution in [0.3, 0.4) is 0 Å². The first-order valence-corrected chi connectivity index (χ1v) is 5.38. The van der Waals surface area contributed by atoms with Crippen LogP contribution in [0.25, 0.3) is 0 Å². The van der Waals surface area contributed by atoms with Crippen molar-refractivity contribution in [3.63, 3.8) is 0 Å². The lowest BCUT2D eigenvalue weighted by Gasteiger charge is -2.06. The van der Waals surface area contributed by atoms with Gasteiger partial charge in [-0.1, -0.05) is 0 Å². The third kappa shape index (κ3) is 3.00. The van der Waals surface area contributed by atoms with Crippen molar-refractivity contribution in [1.82, 2.24) is 9.78 Å². The van der Waals surface area contributed by atoms with Crippen LogP contribution in [0.5, 0.6) is 5.75 Å². The fourth-order valence-electron chi connectivity index (χ4n) is 1.45. The van der Waals surface area contributed by atoms with E-state index in [4.69, 9.17) is 4.74 Å². The van der Waals surface area contributed by atoms with Crippen molar-refractivity contribution in [3.05, 3.63) is 36.7 Å². The fourth-order valence-corrected chi connectivity index (χ4v) is 1.45. The van der Waals surface area contributed by atoms with Crippen LogP contribution < -0.4 is 15.4 Å². The summed E-state index contributed by atoms with van der Waals surface area (Å²) in [6.07, 6.45) is 3.29. The zero-order valence-corrected chi connectivity index (χ0v) is 10.2. The number of amides is 2. The van der Waals surface area contributed by atoms with Gasteiger partial charge >= 0.3 is 6.03 Å². The minimum absolute atomic E-state index is 0.312. The number of methoxy groups -OCH3 is 1. The number of aryl methyl sites for hydroxylation is 1. The average Bonchev–Trinajstić information content (AvgIpc) is 2.75.